The van der Waals surface area contributed by atoms with Gasteiger partial charge in [0, 0.05) is 14.8 Å². The van der Waals surface area contributed by atoms with E-state index in [1.54, 1.807) is 0 Å². The van der Waals surface area contributed by atoms with Crippen LogP contribution in [0.4, 0.5) is 0 Å². The van der Waals surface area contributed by atoms with Crippen LogP contribution in [0.3, 0.4) is 0 Å². The average Bonchev–Trinajstić information content (AvgIpc) is 2.25. The van der Waals surface area contributed by atoms with Crippen molar-refractivity contribution in [1.82, 2.24) is 0 Å². The van der Waals surface area contributed by atoms with Crippen molar-refractivity contribution in [3.05, 3.63) is 30.3 Å². The zero-order valence-corrected chi connectivity index (χ0v) is 13.0. The van der Waals surface area contributed by atoms with Crippen LogP contribution >= 0.6 is 7.70 Å². The lowest BCUT2D eigenvalue weighted by molar-refractivity contribution is 0.475. The summed E-state index contributed by atoms with van der Waals surface area (Å²) in [5, 5.41) is 1.42. The largest absolute Gasteiger partial charge is 0.363 e. The molecule has 0 radical (unpaired) electrons. The van der Waals surface area contributed by atoms with Crippen molar-refractivity contribution >= 4 is 21.5 Å². The summed E-state index contributed by atoms with van der Waals surface area (Å²) in [7, 11) is 0.642. The van der Waals surface area contributed by atoms with E-state index in [1.165, 1.54) is 5.30 Å². The molecule has 1 atom stereocenters. The second kappa shape index (κ2) is 6.54. The maximum atomic E-state index is 5.85. The minimum atomic E-state index is -0.879. The van der Waals surface area contributed by atoms with E-state index in [2.05, 4.69) is 58.0 Å². The van der Waals surface area contributed by atoms with Crippen LogP contribution in [0.25, 0.3) is 0 Å². The third kappa shape index (κ3) is 3.41. The highest BCUT2D eigenvalue weighted by atomic mass is 31.4. The molecule has 1 unspecified atom stereocenters. The molecule has 3 heteroatoms. The fourth-order valence-corrected chi connectivity index (χ4v) is 11.7. The molecule has 0 spiro atoms. The number of hydrogen-bond acceptors (Lipinski definition) is 1. The van der Waals surface area contributed by atoms with Gasteiger partial charge in [-0.15, -0.1) is 0 Å². The van der Waals surface area contributed by atoms with Crippen LogP contribution < -0.4 is 5.30 Å². The molecule has 1 aromatic carbocycles. The van der Waals surface area contributed by atoms with Gasteiger partial charge in [0.25, 0.3) is 0 Å². The summed E-state index contributed by atoms with van der Waals surface area (Å²) in [5.74, 6) is 0. The first-order chi connectivity index (χ1) is 7.57. The van der Waals surface area contributed by atoms with Crippen molar-refractivity contribution in [2.24, 2.45) is 0 Å². The topological polar surface area (TPSA) is 9.23 Å². The predicted octanol–water partition coefficient (Wildman–Crippen LogP) is 3.90. The Morgan fingerprint density at radius 2 is 1.50 bits per heavy atom. The van der Waals surface area contributed by atoms with E-state index in [1.807, 2.05) is 7.11 Å². The first-order valence-corrected chi connectivity index (χ1v) is 10.2. The molecule has 90 valence electrons. The number of hydrogen-bond donors (Lipinski definition) is 0. The van der Waals surface area contributed by atoms with Crippen molar-refractivity contribution in [2.45, 2.75) is 38.8 Å². The Hall–Kier alpha value is -0.173. The van der Waals surface area contributed by atoms with E-state index in [0.29, 0.717) is 0 Å². The molecule has 0 aliphatic heterocycles. The molecule has 0 fully saturated rings. The van der Waals surface area contributed by atoms with E-state index < -0.39 is 8.46 Å². The summed E-state index contributed by atoms with van der Waals surface area (Å²) in [5.41, 5.74) is 1.59. The van der Waals surface area contributed by atoms with Gasteiger partial charge in [-0.25, -0.2) is 0 Å². The zero-order valence-electron chi connectivity index (χ0n) is 11.0. The zero-order chi connectivity index (χ0) is 12.1. The lowest BCUT2D eigenvalue weighted by Crippen LogP contribution is -2.25. The minimum absolute atomic E-state index is 0.357. The molecule has 0 bridgehead atoms. The summed E-state index contributed by atoms with van der Waals surface area (Å²) in [4.78, 5) is 0. The first kappa shape index (κ1) is 13.9. The highest BCUT2D eigenvalue weighted by Gasteiger charge is 2.30. The highest BCUT2D eigenvalue weighted by Crippen LogP contribution is 2.47. The van der Waals surface area contributed by atoms with E-state index in [0.717, 1.165) is 11.1 Å². The van der Waals surface area contributed by atoms with Crippen molar-refractivity contribution in [3.8, 4) is 0 Å². The van der Waals surface area contributed by atoms with Gasteiger partial charge >= 0.3 is 0 Å². The van der Waals surface area contributed by atoms with Gasteiger partial charge in [0.15, 0.2) is 0 Å². The van der Waals surface area contributed by atoms with Crippen LogP contribution in [-0.2, 0) is 4.52 Å². The molecule has 1 nitrogen and oxygen atoms in total. The van der Waals surface area contributed by atoms with E-state index in [-0.39, 0.29) is 7.70 Å². The maximum absolute atomic E-state index is 5.85. The molecule has 0 aliphatic rings. The summed E-state index contributed by atoms with van der Waals surface area (Å²) < 4.78 is 5.85. The van der Waals surface area contributed by atoms with Gasteiger partial charge in [-0.2, -0.15) is 0 Å². The molecular weight excluding hydrogens is 231 g/mol. The van der Waals surface area contributed by atoms with E-state index >= 15 is 0 Å². The Bertz CT molecular complexity index is 292. The molecule has 0 saturated heterocycles. The van der Waals surface area contributed by atoms with Gasteiger partial charge in [0.1, 0.15) is 8.46 Å². The Labute approximate surface area is 103 Å². The fourth-order valence-electron chi connectivity index (χ4n) is 2.29. The minimum Gasteiger partial charge on any atom is -0.363 e. The van der Waals surface area contributed by atoms with Crippen LogP contribution in [0.2, 0.25) is 11.1 Å². The van der Waals surface area contributed by atoms with Crippen molar-refractivity contribution in [1.29, 1.82) is 0 Å². The van der Waals surface area contributed by atoms with Crippen LogP contribution in [-0.4, -0.2) is 15.6 Å². The van der Waals surface area contributed by atoms with Crippen molar-refractivity contribution < 1.29 is 4.52 Å². The highest BCUT2D eigenvalue weighted by molar-refractivity contribution is 7.92. The average molecular weight is 254 g/mol. The molecular formula is C13H23OPSi. The quantitative estimate of drug-likeness (QED) is 0.572. The van der Waals surface area contributed by atoms with Crippen molar-refractivity contribution in [2.75, 3.05) is 7.11 Å². The molecule has 1 aromatic rings. The lowest BCUT2D eigenvalue weighted by atomic mass is 10.4. The molecule has 0 N–H and O–H groups in total. The smallest absolute Gasteiger partial charge is 0.109 e. The summed E-state index contributed by atoms with van der Waals surface area (Å²) in [6.45, 7) is 9.42. The Morgan fingerprint density at radius 1 is 1.00 bits per heavy atom. The standard InChI is InChI=1S/C13H23OPSi/c1-11(2)16(12(3)4)15(14-5)13-9-7-6-8-10-13/h6-12,16H,1-5H3. The molecule has 0 heterocycles. The van der Waals surface area contributed by atoms with Crippen molar-refractivity contribution in [3.63, 3.8) is 0 Å². The summed E-state index contributed by atoms with van der Waals surface area (Å²) in [6, 6.07) is 10.8. The molecule has 16 heavy (non-hydrogen) atoms. The normalized spacial score (nSPS) is 13.8. The fraction of sp³-hybridized carbons (Fsp3) is 0.538. The number of rotatable bonds is 5. The van der Waals surface area contributed by atoms with Gasteiger partial charge in [-0.1, -0.05) is 58.0 Å². The Morgan fingerprint density at radius 3 is 1.88 bits per heavy atom. The van der Waals surface area contributed by atoms with E-state index in [9.17, 15) is 0 Å². The van der Waals surface area contributed by atoms with Crippen LogP contribution in [0.15, 0.2) is 30.3 Å². The van der Waals surface area contributed by atoms with Gasteiger partial charge in [0.05, 0.1) is 0 Å². The second-order valence-electron chi connectivity index (χ2n) is 4.82. The van der Waals surface area contributed by atoms with Gasteiger partial charge in [0.2, 0.25) is 0 Å². The third-order valence-electron chi connectivity index (χ3n) is 2.84. The Balaban J connectivity index is 2.96. The maximum Gasteiger partial charge on any atom is 0.109 e. The third-order valence-corrected chi connectivity index (χ3v) is 14.0. The van der Waals surface area contributed by atoms with E-state index in [4.69, 9.17) is 4.52 Å². The van der Waals surface area contributed by atoms with Gasteiger partial charge in [-0.05, 0) is 16.4 Å². The van der Waals surface area contributed by atoms with Crippen LogP contribution in [0.5, 0.6) is 0 Å². The second-order valence-corrected chi connectivity index (χ2v) is 13.2. The Kier molecular flexibility index (Phi) is 5.67. The monoisotopic (exact) mass is 254 g/mol. The lowest BCUT2D eigenvalue weighted by Gasteiger charge is -2.30. The molecule has 0 amide bonds. The van der Waals surface area contributed by atoms with Crippen LogP contribution in [0.1, 0.15) is 27.7 Å². The molecule has 0 saturated carbocycles. The summed E-state index contributed by atoms with van der Waals surface area (Å²) >= 11 is 0. The predicted molar refractivity (Wildman–Crippen MR) is 77.4 cm³/mol. The molecule has 1 rings (SSSR count). The number of benzene rings is 1. The molecule has 0 aromatic heterocycles. The van der Waals surface area contributed by atoms with Crippen LogP contribution in [0, 0.1) is 0 Å². The van der Waals surface area contributed by atoms with Gasteiger partial charge in [-0.3, -0.25) is 0 Å². The molecule has 0 aliphatic carbocycles. The summed E-state index contributed by atoms with van der Waals surface area (Å²) in [6.07, 6.45) is 0. The van der Waals surface area contributed by atoms with Gasteiger partial charge < -0.3 is 4.52 Å². The SMILES string of the molecule is COP(c1ccccc1)[SiH](C(C)C)C(C)C. The first-order valence-electron chi connectivity index (χ1n) is 5.96.